The van der Waals surface area contributed by atoms with E-state index in [1.165, 1.54) is 12.1 Å². The zero-order valence-corrected chi connectivity index (χ0v) is 12.6. The van der Waals surface area contributed by atoms with Gasteiger partial charge in [0.05, 0.1) is 4.92 Å². The summed E-state index contributed by atoms with van der Waals surface area (Å²) in [7, 11) is -3.88. The number of sulfonamides is 1. The van der Waals surface area contributed by atoms with Gasteiger partial charge >= 0.3 is 0 Å². The van der Waals surface area contributed by atoms with Gasteiger partial charge in [0.2, 0.25) is 10.0 Å². The Morgan fingerprint density at radius 2 is 2.05 bits per heavy atom. The van der Waals surface area contributed by atoms with Crippen molar-refractivity contribution < 1.29 is 13.3 Å². The molecule has 0 spiro atoms. The van der Waals surface area contributed by atoms with Gasteiger partial charge in [-0.25, -0.2) is 13.1 Å². The topological polar surface area (TPSA) is 101 Å². The van der Waals surface area contributed by atoms with Gasteiger partial charge in [0.1, 0.15) is 0 Å². The highest BCUT2D eigenvalue weighted by molar-refractivity contribution is 7.89. The van der Waals surface area contributed by atoms with E-state index in [2.05, 4.69) is 10.0 Å². The Labute approximate surface area is 123 Å². The third-order valence-electron chi connectivity index (χ3n) is 3.68. The molecule has 0 aromatic heterocycles. The molecule has 0 saturated carbocycles. The first-order valence-corrected chi connectivity index (χ1v) is 8.34. The number of hydrogen-bond donors (Lipinski definition) is 2. The molecule has 1 aliphatic rings. The molecule has 2 rings (SSSR count). The Kier molecular flexibility index (Phi) is 4.92. The van der Waals surface area contributed by atoms with E-state index in [0.29, 0.717) is 12.1 Å². The van der Waals surface area contributed by atoms with Gasteiger partial charge < -0.3 is 5.32 Å². The lowest BCUT2D eigenvalue weighted by Crippen LogP contribution is -2.36. The molecule has 2 N–H and O–H groups in total. The van der Waals surface area contributed by atoms with Crippen LogP contribution in [0, 0.1) is 23.0 Å². The van der Waals surface area contributed by atoms with Crippen molar-refractivity contribution in [1.82, 2.24) is 10.0 Å². The summed E-state index contributed by atoms with van der Waals surface area (Å²) in [4.78, 5) is 10.1. The number of aryl methyl sites for hydroxylation is 1. The van der Waals surface area contributed by atoms with Gasteiger partial charge in [0.15, 0.2) is 4.90 Å². The van der Waals surface area contributed by atoms with Crippen LogP contribution in [0.4, 0.5) is 5.69 Å². The van der Waals surface area contributed by atoms with Crippen LogP contribution in [0.15, 0.2) is 23.1 Å². The molecule has 8 heteroatoms. The van der Waals surface area contributed by atoms with Gasteiger partial charge in [-0.2, -0.15) is 0 Å². The van der Waals surface area contributed by atoms with E-state index < -0.39 is 14.9 Å². The molecule has 1 heterocycles. The lowest BCUT2D eigenvalue weighted by Gasteiger charge is -2.22. The maximum absolute atomic E-state index is 12.4. The standard InChI is InChI=1S/C13H19N3O4S/c1-10-3-2-4-12(16(17)18)13(10)21(19,20)15-9-11-5-7-14-8-6-11/h2-4,11,14-15H,5-9H2,1H3. The van der Waals surface area contributed by atoms with E-state index in [1.807, 2.05) is 0 Å². The van der Waals surface area contributed by atoms with Crippen LogP contribution in [-0.2, 0) is 10.0 Å². The van der Waals surface area contributed by atoms with Crippen molar-refractivity contribution in [3.63, 3.8) is 0 Å². The number of hydrogen-bond acceptors (Lipinski definition) is 5. The van der Waals surface area contributed by atoms with Crippen molar-refractivity contribution >= 4 is 15.7 Å². The van der Waals surface area contributed by atoms with E-state index in [0.717, 1.165) is 25.9 Å². The van der Waals surface area contributed by atoms with Crippen LogP contribution in [0.2, 0.25) is 0 Å². The number of piperidine rings is 1. The Balaban J connectivity index is 2.21. The minimum Gasteiger partial charge on any atom is -0.317 e. The number of nitrogens with one attached hydrogen (secondary N) is 2. The van der Waals surface area contributed by atoms with Gasteiger partial charge in [0.25, 0.3) is 5.69 Å². The molecule has 0 radical (unpaired) electrons. The summed E-state index contributed by atoms with van der Waals surface area (Å²) >= 11 is 0. The highest BCUT2D eigenvalue weighted by Gasteiger charge is 2.28. The second-order valence-corrected chi connectivity index (χ2v) is 6.93. The number of nitro groups is 1. The molecule has 0 aliphatic carbocycles. The van der Waals surface area contributed by atoms with Crippen LogP contribution in [0.1, 0.15) is 18.4 Å². The molecular formula is C13H19N3O4S. The van der Waals surface area contributed by atoms with E-state index >= 15 is 0 Å². The Hall–Kier alpha value is -1.51. The maximum atomic E-state index is 12.4. The third kappa shape index (κ3) is 3.78. The van der Waals surface area contributed by atoms with Crippen LogP contribution >= 0.6 is 0 Å². The first-order valence-electron chi connectivity index (χ1n) is 6.86. The summed E-state index contributed by atoms with van der Waals surface area (Å²) in [5.41, 5.74) is -0.00479. The molecule has 1 aromatic carbocycles. The summed E-state index contributed by atoms with van der Waals surface area (Å²) < 4.78 is 27.3. The van der Waals surface area contributed by atoms with Crippen LogP contribution in [0.3, 0.4) is 0 Å². The van der Waals surface area contributed by atoms with Gasteiger partial charge in [-0.15, -0.1) is 0 Å². The molecule has 21 heavy (non-hydrogen) atoms. The fourth-order valence-corrected chi connectivity index (χ4v) is 4.03. The molecule has 0 unspecified atom stereocenters. The second-order valence-electron chi connectivity index (χ2n) is 5.23. The van der Waals surface area contributed by atoms with Crippen LogP contribution in [-0.4, -0.2) is 33.0 Å². The molecule has 116 valence electrons. The normalized spacial score (nSPS) is 16.8. The van der Waals surface area contributed by atoms with Crippen molar-refractivity contribution in [3.8, 4) is 0 Å². The molecule has 0 atom stereocenters. The molecule has 7 nitrogen and oxygen atoms in total. The highest BCUT2D eigenvalue weighted by atomic mass is 32.2. The number of nitrogens with zero attached hydrogens (tertiary/aromatic N) is 1. The van der Waals surface area contributed by atoms with E-state index in [4.69, 9.17) is 0 Å². The van der Waals surface area contributed by atoms with E-state index in [1.54, 1.807) is 13.0 Å². The fourth-order valence-electron chi connectivity index (χ4n) is 2.52. The SMILES string of the molecule is Cc1cccc([N+](=O)[O-])c1S(=O)(=O)NCC1CCNCC1. The van der Waals surface area contributed by atoms with Crippen molar-refractivity contribution in [2.45, 2.75) is 24.7 Å². The first-order chi connectivity index (χ1) is 9.92. The van der Waals surface area contributed by atoms with Gasteiger partial charge in [-0.3, -0.25) is 10.1 Å². The van der Waals surface area contributed by atoms with Gasteiger partial charge in [0, 0.05) is 12.6 Å². The fraction of sp³-hybridized carbons (Fsp3) is 0.538. The lowest BCUT2D eigenvalue weighted by molar-refractivity contribution is -0.387. The predicted molar refractivity (Wildman–Crippen MR) is 78.6 cm³/mol. The average Bonchev–Trinajstić information content (AvgIpc) is 2.46. The van der Waals surface area contributed by atoms with Crippen LogP contribution < -0.4 is 10.0 Å². The van der Waals surface area contributed by atoms with Gasteiger partial charge in [-0.1, -0.05) is 12.1 Å². The highest BCUT2D eigenvalue weighted by Crippen LogP contribution is 2.27. The van der Waals surface area contributed by atoms with E-state index in [-0.39, 0.29) is 16.5 Å². The third-order valence-corrected chi connectivity index (χ3v) is 5.29. The first kappa shape index (κ1) is 15.9. The van der Waals surface area contributed by atoms with Crippen LogP contribution in [0.5, 0.6) is 0 Å². The summed E-state index contributed by atoms with van der Waals surface area (Å²) in [6, 6.07) is 4.26. The predicted octanol–water partition coefficient (Wildman–Crippen LogP) is 1.18. The zero-order chi connectivity index (χ0) is 15.5. The largest absolute Gasteiger partial charge is 0.317 e. The minimum atomic E-state index is -3.88. The van der Waals surface area contributed by atoms with Crippen molar-refractivity contribution in [2.75, 3.05) is 19.6 Å². The number of benzene rings is 1. The summed E-state index contributed by atoms with van der Waals surface area (Å²) in [5, 5.41) is 14.2. The van der Waals surface area contributed by atoms with Crippen LogP contribution in [0.25, 0.3) is 0 Å². The number of rotatable bonds is 5. The number of nitro benzene ring substituents is 1. The Morgan fingerprint density at radius 3 is 2.67 bits per heavy atom. The molecule has 1 fully saturated rings. The summed E-state index contributed by atoms with van der Waals surface area (Å²) in [5.74, 6) is 0.268. The Bertz CT molecular complexity index is 624. The average molecular weight is 313 g/mol. The maximum Gasteiger partial charge on any atom is 0.289 e. The smallest absolute Gasteiger partial charge is 0.289 e. The summed E-state index contributed by atoms with van der Waals surface area (Å²) in [6.07, 6.45) is 1.80. The second kappa shape index (κ2) is 6.50. The molecule has 1 aromatic rings. The molecular weight excluding hydrogens is 294 g/mol. The minimum absolute atomic E-state index is 0.232. The quantitative estimate of drug-likeness (QED) is 0.628. The molecule has 0 bridgehead atoms. The molecule has 1 saturated heterocycles. The molecule has 0 amide bonds. The zero-order valence-electron chi connectivity index (χ0n) is 11.8. The summed E-state index contributed by atoms with van der Waals surface area (Å²) in [6.45, 7) is 3.62. The monoisotopic (exact) mass is 313 g/mol. The Morgan fingerprint density at radius 1 is 1.38 bits per heavy atom. The van der Waals surface area contributed by atoms with Crippen molar-refractivity contribution in [3.05, 3.63) is 33.9 Å². The molecule has 1 aliphatic heterocycles. The van der Waals surface area contributed by atoms with Crippen molar-refractivity contribution in [2.24, 2.45) is 5.92 Å². The van der Waals surface area contributed by atoms with E-state index in [9.17, 15) is 18.5 Å². The van der Waals surface area contributed by atoms with Gasteiger partial charge in [-0.05, 0) is 44.3 Å². The lowest BCUT2D eigenvalue weighted by atomic mass is 9.99. The van der Waals surface area contributed by atoms with Crippen molar-refractivity contribution in [1.29, 1.82) is 0 Å².